The first-order chi connectivity index (χ1) is 22.1. The first kappa shape index (κ1) is 35.4. The zero-order valence-electron chi connectivity index (χ0n) is 25.3. The number of benzene rings is 2. The molecule has 0 unspecified atom stereocenters. The van der Waals surface area contributed by atoms with Crippen LogP contribution in [-0.2, 0) is 41.2 Å². The van der Waals surface area contributed by atoms with Crippen LogP contribution in [0.2, 0.25) is 0 Å². The van der Waals surface area contributed by atoms with E-state index in [1.54, 1.807) is 24.1 Å². The summed E-state index contributed by atoms with van der Waals surface area (Å²) in [5.41, 5.74) is 0.699. The van der Waals surface area contributed by atoms with Crippen LogP contribution in [0.25, 0.3) is 33.4 Å². The number of aromatic nitrogens is 4. The Morgan fingerprint density at radius 2 is 1.38 bits per heavy atom. The number of nitrogens with one attached hydrogen (secondary N) is 2. The van der Waals surface area contributed by atoms with Gasteiger partial charge in [0, 0.05) is 54.7 Å². The monoisotopic (exact) mass is 700 g/mol. The van der Waals surface area contributed by atoms with Crippen molar-refractivity contribution in [1.82, 2.24) is 18.8 Å². The van der Waals surface area contributed by atoms with Crippen molar-refractivity contribution >= 4 is 32.6 Å². The Balaban J connectivity index is 0.000000224. The van der Waals surface area contributed by atoms with Crippen molar-refractivity contribution in [3.8, 4) is 22.5 Å². The molecule has 2 aromatic carbocycles. The van der Waals surface area contributed by atoms with Crippen LogP contribution in [0.4, 0.5) is 32.0 Å². The Hall–Kier alpha value is -5.46. The molecule has 12 nitrogen and oxygen atoms in total. The highest BCUT2D eigenvalue weighted by atomic mass is 32.2. The number of nitrogens with two attached hydrogens (primary N) is 1. The third-order valence-electron chi connectivity index (χ3n) is 6.94. The highest BCUT2D eigenvalue weighted by Crippen LogP contribution is 2.40. The zero-order chi connectivity index (χ0) is 35.9. The number of carbonyl (C=O) groups excluding carboxylic acids is 1. The first-order valence-corrected chi connectivity index (χ1v) is 15.2. The maximum Gasteiger partial charge on any atom is 0.417 e. The summed E-state index contributed by atoms with van der Waals surface area (Å²) < 4.78 is 111. The number of rotatable bonds is 5. The molecule has 5 rings (SSSR count). The lowest BCUT2D eigenvalue weighted by atomic mass is 9.99. The van der Waals surface area contributed by atoms with Crippen molar-refractivity contribution in [1.29, 1.82) is 0 Å². The fraction of sp³-hybridized carbons (Fsp3) is 0.207. The molecule has 0 aliphatic carbocycles. The maximum absolute atomic E-state index is 13.5. The number of nitrogens with zero attached hydrogens (tertiary/aromatic N) is 3. The second kappa shape index (κ2) is 12.6. The van der Waals surface area contributed by atoms with Crippen molar-refractivity contribution in [2.24, 2.45) is 14.1 Å². The van der Waals surface area contributed by atoms with Gasteiger partial charge in [-0.3, -0.25) is 4.79 Å². The minimum absolute atomic E-state index is 0.0956. The van der Waals surface area contributed by atoms with Crippen LogP contribution < -0.4 is 21.8 Å². The molecule has 0 radical (unpaired) electrons. The number of hydrogen-bond acceptors (Lipinski definition) is 7. The lowest BCUT2D eigenvalue weighted by Gasteiger charge is -2.16. The molecule has 0 saturated heterocycles. The van der Waals surface area contributed by atoms with Gasteiger partial charge in [0.05, 0.1) is 41.0 Å². The van der Waals surface area contributed by atoms with Crippen molar-refractivity contribution in [2.45, 2.75) is 12.4 Å². The van der Waals surface area contributed by atoms with E-state index in [0.29, 0.717) is 11.8 Å². The fourth-order valence-electron chi connectivity index (χ4n) is 4.79. The van der Waals surface area contributed by atoms with Gasteiger partial charge in [0.1, 0.15) is 0 Å². The second-order valence-corrected chi connectivity index (χ2v) is 12.1. The van der Waals surface area contributed by atoms with E-state index in [4.69, 9.17) is 5.73 Å². The number of hydrogen-bond donors (Lipinski definition) is 3. The SMILES string of the molecule is COC(=O)c1cc(-c2cccn2C)c(C(F)(F)F)cc1N.Cn1cccc1-c1cc2c(=O)n(NS(C)(=O)=O)c(=O)[nH]c2cc1C(F)(F)F. The summed E-state index contributed by atoms with van der Waals surface area (Å²) in [6.45, 7) is 0. The molecule has 256 valence electrons. The molecule has 19 heteroatoms. The average molecular weight is 701 g/mol. The fourth-order valence-corrected chi connectivity index (χ4v) is 5.29. The lowest BCUT2D eigenvalue weighted by Crippen LogP contribution is -2.43. The summed E-state index contributed by atoms with van der Waals surface area (Å²) in [6.07, 6.45) is -5.45. The smallest absolute Gasteiger partial charge is 0.417 e. The number of halogens is 6. The van der Waals surface area contributed by atoms with Gasteiger partial charge in [-0.15, -0.1) is 0 Å². The van der Waals surface area contributed by atoms with E-state index in [1.807, 2.05) is 0 Å². The summed E-state index contributed by atoms with van der Waals surface area (Å²) in [6, 6.07) is 9.63. The Morgan fingerprint density at radius 3 is 1.81 bits per heavy atom. The molecule has 0 amide bonds. The van der Waals surface area contributed by atoms with Gasteiger partial charge in [0.2, 0.25) is 10.0 Å². The Morgan fingerprint density at radius 1 is 0.875 bits per heavy atom. The van der Waals surface area contributed by atoms with E-state index in [1.165, 1.54) is 40.6 Å². The predicted molar refractivity (Wildman–Crippen MR) is 164 cm³/mol. The van der Waals surface area contributed by atoms with E-state index in [-0.39, 0.29) is 43.7 Å². The van der Waals surface area contributed by atoms with Crippen molar-refractivity contribution in [3.63, 3.8) is 0 Å². The molecule has 0 aliphatic heterocycles. The van der Waals surface area contributed by atoms with E-state index in [2.05, 4.69) is 9.72 Å². The number of alkyl halides is 6. The lowest BCUT2D eigenvalue weighted by molar-refractivity contribution is -0.137. The van der Waals surface area contributed by atoms with Gasteiger partial charge in [0.25, 0.3) is 5.56 Å². The number of ether oxygens (including phenoxy) is 1. The number of aryl methyl sites for hydroxylation is 2. The van der Waals surface area contributed by atoms with Gasteiger partial charge in [-0.05, 0) is 48.5 Å². The third kappa shape index (κ3) is 7.24. The highest BCUT2D eigenvalue weighted by molar-refractivity contribution is 7.91. The summed E-state index contributed by atoms with van der Waals surface area (Å²) in [5.74, 6) is -0.781. The summed E-state index contributed by atoms with van der Waals surface area (Å²) in [5, 5.41) is -0.282. The van der Waals surface area contributed by atoms with Crippen LogP contribution in [0.1, 0.15) is 21.5 Å². The molecule has 5 aromatic rings. The molecule has 3 heterocycles. The van der Waals surface area contributed by atoms with Crippen molar-refractivity contribution in [2.75, 3.05) is 23.9 Å². The number of esters is 1. The number of fused-ring (bicyclic) bond motifs is 1. The summed E-state index contributed by atoms with van der Waals surface area (Å²) in [4.78, 5) is 39.9. The average Bonchev–Trinajstić information content (AvgIpc) is 3.60. The Kier molecular flexibility index (Phi) is 9.31. The molecular formula is C29H26F6N6O6S. The minimum atomic E-state index is -4.75. The van der Waals surface area contributed by atoms with Gasteiger partial charge in [-0.25, -0.2) is 22.8 Å². The number of anilines is 1. The second-order valence-electron chi connectivity index (χ2n) is 10.4. The summed E-state index contributed by atoms with van der Waals surface area (Å²) >= 11 is 0. The number of sulfonamides is 1. The van der Waals surface area contributed by atoms with Gasteiger partial charge < -0.3 is 24.6 Å². The van der Waals surface area contributed by atoms with Gasteiger partial charge in [-0.1, -0.05) is 0 Å². The molecule has 0 spiro atoms. The molecule has 3 aromatic heterocycles. The molecule has 0 aliphatic rings. The standard InChI is InChI=1S/C15H13F3N4O4S.C14H13F3N2O2/c1-21-5-3-4-12(21)8-6-9-11(7-10(8)15(16,17)18)19-14(24)22(13(9)23)20-27(2,25)26;1-19-5-3-4-12(19)8-6-9(13(20)21-2)11(18)7-10(8)14(15,16)17/h3-7,20H,1-2H3,(H,19,24);3-7H,18H2,1-2H3. The zero-order valence-corrected chi connectivity index (χ0v) is 26.1. The minimum Gasteiger partial charge on any atom is -0.465 e. The highest BCUT2D eigenvalue weighted by Gasteiger charge is 2.36. The van der Waals surface area contributed by atoms with E-state index >= 15 is 0 Å². The molecule has 0 bridgehead atoms. The molecular weight excluding hydrogens is 674 g/mol. The van der Waals surface area contributed by atoms with Crippen LogP contribution in [0.3, 0.4) is 0 Å². The van der Waals surface area contributed by atoms with Gasteiger partial charge in [0.15, 0.2) is 0 Å². The van der Waals surface area contributed by atoms with Crippen molar-refractivity contribution < 1.29 is 44.3 Å². The number of H-pyrrole nitrogens is 1. The van der Waals surface area contributed by atoms with E-state index in [0.717, 1.165) is 31.6 Å². The van der Waals surface area contributed by atoms with Crippen LogP contribution in [0.5, 0.6) is 0 Å². The molecule has 0 fully saturated rings. The Labute approximate surface area is 267 Å². The van der Waals surface area contributed by atoms with Crippen LogP contribution in [0.15, 0.2) is 70.5 Å². The summed E-state index contributed by atoms with van der Waals surface area (Å²) in [7, 11) is 0.320. The van der Waals surface area contributed by atoms with Crippen molar-refractivity contribution in [3.05, 3.63) is 98.5 Å². The molecule has 4 N–H and O–H groups in total. The topological polar surface area (TPSA) is 163 Å². The van der Waals surface area contributed by atoms with E-state index < -0.39 is 50.7 Å². The molecule has 0 atom stereocenters. The largest absolute Gasteiger partial charge is 0.465 e. The van der Waals surface area contributed by atoms with Crippen LogP contribution in [-0.4, -0.2) is 46.5 Å². The number of aromatic amines is 1. The quantitative estimate of drug-likeness (QED) is 0.140. The van der Waals surface area contributed by atoms with E-state index in [9.17, 15) is 49.1 Å². The third-order valence-corrected chi connectivity index (χ3v) is 7.45. The van der Waals surface area contributed by atoms with Gasteiger partial charge >= 0.3 is 24.0 Å². The molecule has 0 saturated carbocycles. The van der Waals surface area contributed by atoms with Crippen LogP contribution in [0, 0.1) is 0 Å². The number of nitrogen functional groups attached to an aromatic ring is 1. The first-order valence-electron chi connectivity index (χ1n) is 13.3. The molecule has 48 heavy (non-hydrogen) atoms. The van der Waals surface area contributed by atoms with Gasteiger partial charge in [-0.2, -0.15) is 31.0 Å². The normalized spacial score (nSPS) is 12.0. The number of methoxy groups -OCH3 is 1. The Bertz CT molecular complexity index is 2270. The maximum atomic E-state index is 13.5. The predicted octanol–water partition coefficient (Wildman–Crippen LogP) is 4.30. The number of carbonyl (C=O) groups is 1. The van der Waals surface area contributed by atoms with Crippen LogP contribution >= 0.6 is 0 Å².